The smallest absolute Gasteiger partial charge is 0.272 e. The van der Waals surface area contributed by atoms with Crippen molar-refractivity contribution in [3.05, 3.63) is 47.9 Å². The van der Waals surface area contributed by atoms with Crippen molar-refractivity contribution in [3.8, 4) is 5.88 Å². The highest BCUT2D eigenvalue weighted by atomic mass is 19.3. The molecule has 0 unspecified atom stereocenters. The Morgan fingerprint density at radius 1 is 1.32 bits per heavy atom. The van der Waals surface area contributed by atoms with E-state index >= 15 is 0 Å². The van der Waals surface area contributed by atoms with Crippen LogP contribution in [0.3, 0.4) is 0 Å². The van der Waals surface area contributed by atoms with Crippen LogP contribution in [0, 0.1) is 6.92 Å². The van der Waals surface area contributed by atoms with Crippen molar-refractivity contribution in [1.82, 2.24) is 15.0 Å². The van der Waals surface area contributed by atoms with Gasteiger partial charge in [0.25, 0.3) is 12.3 Å². The summed E-state index contributed by atoms with van der Waals surface area (Å²) in [5.41, 5.74) is 2.61. The van der Waals surface area contributed by atoms with E-state index in [-0.39, 0.29) is 11.8 Å². The molecule has 1 aromatic carbocycles. The predicted octanol–water partition coefficient (Wildman–Crippen LogP) is 3.19. The molecule has 0 aliphatic carbocycles. The minimum absolute atomic E-state index is 0.0146. The second kappa shape index (κ2) is 6.84. The van der Waals surface area contributed by atoms with E-state index in [0.717, 1.165) is 16.9 Å². The summed E-state index contributed by atoms with van der Waals surface area (Å²) >= 11 is 0. The summed E-state index contributed by atoms with van der Waals surface area (Å²) in [6.07, 6.45) is -1.25. The summed E-state index contributed by atoms with van der Waals surface area (Å²) < 4.78 is 29.3. The highest BCUT2D eigenvalue weighted by molar-refractivity contribution is 6.06. The van der Waals surface area contributed by atoms with Gasteiger partial charge in [0.1, 0.15) is 5.82 Å². The number of ether oxygens (including phenoxy) is 1. The fraction of sp³-hybridized carbons (Fsp3) is 0.235. The number of fused-ring (bicyclic) bond motifs is 1. The Balaban J connectivity index is 1.82. The second-order valence-electron chi connectivity index (χ2n) is 5.47. The van der Waals surface area contributed by atoms with Gasteiger partial charge in [-0.3, -0.25) is 4.79 Å². The van der Waals surface area contributed by atoms with E-state index in [1.54, 1.807) is 13.1 Å². The summed E-state index contributed by atoms with van der Waals surface area (Å²) in [4.78, 5) is 25.4. The van der Waals surface area contributed by atoms with Crippen LogP contribution in [0.5, 0.6) is 5.88 Å². The lowest BCUT2D eigenvalue weighted by Gasteiger charge is -2.17. The van der Waals surface area contributed by atoms with Gasteiger partial charge < -0.3 is 14.6 Å². The number of pyridine rings is 1. The Kier molecular flexibility index (Phi) is 4.60. The average molecular weight is 346 g/mol. The molecule has 3 aromatic rings. The zero-order chi connectivity index (χ0) is 18.0. The molecule has 0 spiro atoms. The number of benzene rings is 1. The Morgan fingerprint density at radius 3 is 2.88 bits per heavy atom. The van der Waals surface area contributed by atoms with Gasteiger partial charge in [-0.25, -0.2) is 18.7 Å². The van der Waals surface area contributed by atoms with Gasteiger partial charge in [-0.1, -0.05) is 0 Å². The number of hydrogen-bond donors (Lipinski definition) is 1. The second-order valence-corrected chi connectivity index (χ2v) is 5.47. The third kappa shape index (κ3) is 3.73. The number of hydrogen-bond acceptors (Lipinski definition) is 4. The molecule has 0 aliphatic heterocycles. The van der Waals surface area contributed by atoms with Gasteiger partial charge in [-0.05, 0) is 31.2 Å². The normalized spacial score (nSPS) is 11.1. The molecule has 0 saturated heterocycles. The number of aromatic nitrogens is 3. The van der Waals surface area contributed by atoms with Crippen LogP contribution < -0.4 is 9.64 Å². The number of aromatic amines is 1. The van der Waals surface area contributed by atoms with Gasteiger partial charge in [0.2, 0.25) is 5.88 Å². The zero-order valence-electron chi connectivity index (χ0n) is 13.7. The Bertz CT molecular complexity index is 911. The molecule has 0 fully saturated rings. The van der Waals surface area contributed by atoms with Crippen molar-refractivity contribution < 1.29 is 18.3 Å². The zero-order valence-corrected chi connectivity index (χ0v) is 13.7. The maximum absolute atomic E-state index is 12.6. The molecule has 0 saturated carbocycles. The number of nitrogens with zero attached hydrogens (tertiary/aromatic N) is 3. The SMILES string of the molecule is Cc1nc2ccc(N(C)C(=O)c3ccnc(OCC(F)F)c3)cc2[nH]1. The van der Waals surface area contributed by atoms with Crippen LogP contribution in [-0.4, -0.2) is 40.9 Å². The molecule has 0 bridgehead atoms. The molecule has 0 radical (unpaired) electrons. The molecule has 3 rings (SSSR count). The van der Waals surface area contributed by atoms with E-state index in [1.807, 2.05) is 19.1 Å². The average Bonchev–Trinajstić information content (AvgIpc) is 2.98. The maximum Gasteiger partial charge on any atom is 0.272 e. The molecule has 1 amide bonds. The number of nitrogens with one attached hydrogen (secondary N) is 1. The van der Waals surface area contributed by atoms with Gasteiger partial charge in [-0.2, -0.15) is 0 Å². The number of halogens is 2. The molecule has 2 aromatic heterocycles. The first-order valence-corrected chi connectivity index (χ1v) is 7.55. The summed E-state index contributed by atoms with van der Waals surface area (Å²) in [7, 11) is 1.63. The van der Waals surface area contributed by atoms with Crippen LogP contribution in [0.1, 0.15) is 16.2 Å². The number of aryl methyl sites for hydroxylation is 1. The molecule has 25 heavy (non-hydrogen) atoms. The van der Waals surface area contributed by atoms with E-state index in [2.05, 4.69) is 15.0 Å². The topological polar surface area (TPSA) is 71.1 Å². The minimum Gasteiger partial charge on any atom is -0.472 e. The van der Waals surface area contributed by atoms with Crippen LogP contribution in [0.2, 0.25) is 0 Å². The Hall–Kier alpha value is -3.03. The summed E-state index contributed by atoms with van der Waals surface area (Å²) in [5, 5.41) is 0. The van der Waals surface area contributed by atoms with Crippen molar-refractivity contribution in [3.63, 3.8) is 0 Å². The first-order chi connectivity index (χ1) is 11.9. The van der Waals surface area contributed by atoms with Crippen LogP contribution in [0.15, 0.2) is 36.5 Å². The predicted molar refractivity (Wildman–Crippen MR) is 89.3 cm³/mol. The quantitative estimate of drug-likeness (QED) is 0.770. The third-order valence-corrected chi connectivity index (χ3v) is 3.61. The first-order valence-electron chi connectivity index (χ1n) is 7.55. The molecular formula is C17H16F2N4O2. The number of anilines is 1. The van der Waals surface area contributed by atoms with Crippen molar-refractivity contribution in [1.29, 1.82) is 0 Å². The molecule has 8 heteroatoms. The number of H-pyrrole nitrogens is 1. The van der Waals surface area contributed by atoms with Gasteiger partial charge in [-0.15, -0.1) is 0 Å². The Labute approximate surface area is 142 Å². The summed E-state index contributed by atoms with van der Waals surface area (Å²) in [6, 6.07) is 8.28. The molecule has 130 valence electrons. The molecule has 6 nitrogen and oxygen atoms in total. The summed E-state index contributed by atoms with van der Waals surface area (Å²) in [5.74, 6) is 0.468. The number of rotatable bonds is 5. The monoisotopic (exact) mass is 346 g/mol. The number of amides is 1. The van der Waals surface area contributed by atoms with Crippen LogP contribution in [-0.2, 0) is 0 Å². The fourth-order valence-corrected chi connectivity index (χ4v) is 2.41. The van der Waals surface area contributed by atoms with Gasteiger partial charge in [0, 0.05) is 30.6 Å². The van der Waals surface area contributed by atoms with Crippen LogP contribution in [0.4, 0.5) is 14.5 Å². The van der Waals surface area contributed by atoms with Crippen LogP contribution >= 0.6 is 0 Å². The molecular weight excluding hydrogens is 330 g/mol. The highest BCUT2D eigenvalue weighted by Gasteiger charge is 2.16. The lowest BCUT2D eigenvalue weighted by atomic mass is 10.2. The molecule has 0 atom stereocenters. The lowest BCUT2D eigenvalue weighted by Crippen LogP contribution is -2.26. The molecule has 1 N–H and O–H groups in total. The largest absolute Gasteiger partial charge is 0.472 e. The van der Waals surface area contributed by atoms with E-state index in [0.29, 0.717) is 11.3 Å². The molecule has 0 aliphatic rings. The summed E-state index contributed by atoms with van der Waals surface area (Å²) in [6.45, 7) is 1.09. The molecule has 2 heterocycles. The van der Waals surface area contributed by atoms with Crippen molar-refractivity contribution in [2.24, 2.45) is 0 Å². The standard InChI is InChI=1S/C17H16F2N4O2/c1-10-21-13-4-3-12(8-14(13)22-10)23(2)17(24)11-5-6-20-16(7-11)25-9-15(18)19/h3-8,15H,9H2,1-2H3,(H,21,22). The first kappa shape index (κ1) is 16.8. The Morgan fingerprint density at radius 2 is 2.12 bits per heavy atom. The number of carbonyl (C=O) groups is 1. The van der Waals surface area contributed by atoms with E-state index in [9.17, 15) is 13.6 Å². The fourth-order valence-electron chi connectivity index (χ4n) is 2.41. The minimum atomic E-state index is -2.60. The number of carbonyl (C=O) groups excluding carboxylic acids is 1. The number of imidazole rings is 1. The van der Waals surface area contributed by atoms with Crippen molar-refractivity contribution in [2.75, 3.05) is 18.6 Å². The lowest BCUT2D eigenvalue weighted by molar-refractivity contribution is 0.0795. The third-order valence-electron chi connectivity index (χ3n) is 3.61. The van der Waals surface area contributed by atoms with Gasteiger partial charge in [0.15, 0.2) is 6.61 Å². The number of alkyl halides is 2. The highest BCUT2D eigenvalue weighted by Crippen LogP contribution is 2.22. The van der Waals surface area contributed by atoms with E-state index in [4.69, 9.17) is 4.74 Å². The van der Waals surface area contributed by atoms with Gasteiger partial charge >= 0.3 is 0 Å². The van der Waals surface area contributed by atoms with E-state index in [1.165, 1.54) is 23.2 Å². The maximum atomic E-state index is 12.6. The van der Waals surface area contributed by atoms with Gasteiger partial charge in [0.05, 0.1) is 11.0 Å². The van der Waals surface area contributed by atoms with E-state index < -0.39 is 13.0 Å². The van der Waals surface area contributed by atoms with Crippen molar-refractivity contribution in [2.45, 2.75) is 13.3 Å². The van der Waals surface area contributed by atoms with Crippen LogP contribution in [0.25, 0.3) is 11.0 Å². The van der Waals surface area contributed by atoms with Crippen molar-refractivity contribution >= 4 is 22.6 Å².